The Morgan fingerprint density at radius 2 is 2.12 bits per heavy atom. The number of aromatic amines is 1. The zero-order valence-electron chi connectivity index (χ0n) is 14.8. The van der Waals surface area contributed by atoms with Gasteiger partial charge in [0, 0.05) is 25.2 Å². The highest BCUT2D eigenvalue weighted by atomic mass is 16.5. The molecule has 1 aliphatic carbocycles. The smallest absolute Gasteiger partial charge is 0.313 e. The lowest BCUT2D eigenvalue weighted by Crippen LogP contribution is -2.57. The number of carbonyl (C=O) groups is 1. The van der Waals surface area contributed by atoms with Crippen LogP contribution in [0.4, 0.5) is 0 Å². The van der Waals surface area contributed by atoms with Gasteiger partial charge in [-0.1, -0.05) is 38.1 Å². The van der Waals surface area contributed by atoms with E-state index >= 15 is 0 Å². The van der Waals surface area contributed by atoms with Crippen LogP contribution in [-0.2, 0) is 16.1 Å². The third-order valence-electron chi connectivity index (χ3n) is 5.88. The Hall–Kier alpha value is -2.28. The molecular formula is C18H23N5O2. The van der Waals surface area contributed by atoms with Crippen LogP contribution in [0.5, 0.6) is 0 Å². The van der Waals surface area contributed by atoms with Crippen LogP contribution in [0.15, 0.2) is 24.3 Å². The standard InChI is InChI=1S/C18H23N5O2/c1-17(2)10-18(16(24)25-3)11-23(9-14(17)18)8-12-4-6-13(7-5-12)15-19-21-22-20-15/h4-7,14H,8-11H2,1-3H3,(H,19,20,21,22)/t14-,18+/m1/s1. The summed E-state index contributed by atoms with van der Waals surface area (Å²) < 4.78 is 5.12. The Labute approximate surface area is 146 Å². The molecule has 4 rings (SSSR count). The Balaban J connectivity index is 1.48. The normalized spacial score (nSPS) is 27.6. The molecule has 25 heavy (non-hydrogen) atoms. The molecule has 132 valence electrons. The van der Waals surface area contributed by atoms with Crippen LogP contribution in [0.25, 0.3) is 11.4 Å². The number of tetrazole rings is 1. The number of aromatic nitrogens is 4. The van der Waals surface area contributed by atoms with Gasteiger partial charge in [0.25, 0.3) is 0 Å². The molecule has 0 amide bonds. The molecule has 0 bridgehead atoms. The molecule has 1 saturated carbocycles. The molecule has 0 radical (unpaired) electrons. The highest BCUT2D eigenvalue weighted by Crippen LogP contribution is 2.63. The zero-order chi connectivity index (χ0) is 17.7. The number of H-pyrrole nitrogens is 1. The van der Waals surface area contributed by atoms with Gasteiger partial charge < -0.3 is 4.74 Å². The van der Waals surface area contributed by atoms with Crippen LogP contribution in [-0.4, -0.2) is 51.7 Å². The quantitative estimate of drug-likeness (QED) is 0.855. The fourth-order valence-corrected chi connectivity index (χ4v) is 4.89. The highest BCUT2D eigenvalue weighted by Gasteiger charge is 2.67. The number of hydrogen-bond donors (Lipinski definition) is 1. The van der Waals surface area contributed by atoms with Crippen LogP contribution in [0.2, 0.25) is 0 Å². The van der Waals surface area contributed by atoms with Crippen molar-refractivity contribution < 1.29 is 9.53 Å². The Morgan fingerprint density at radius 3 is 2.72 bits per heavy atom. The number of nitrogens with one attached hydrogen (secondary N) is 1. The van der Waals surface area contributed by atoms with Gasteiger partial charge in [-0.25, -0.2) is 0 Å². The summed E-state index contributed by atoms with van der Waals surface area (Å²) in [5, 5.41) is 14.0. The number of ether oxygens (including phenoxy) is 1. The molecule has 1 aromatic heterocycles. The lowest BCUT2D eigenvalue weighted by atomic mass is 9.48. The second kappa shape index (κ2) is 5.62. The molecule has 2 aliphatic rings. The van der Waals surface area contributed by atoms with Gasteiger partial charge in [0.2, 0.25) is 5.82 Å². The van der Waals surface area contributed by atoms with Crippen molar-refractivity contribution in [1.82, 2.24) is 25.5 Å². The van der Waals surface area contributed by atoms with E-state index in [9.17, 15) is 4.79 Å². The van der Waals surface area contributed by atoms with Crippen molar-refractivity contribution >= 4 is 5.97 Å². The van der Waals surface area contributed by atoms with Crippen molar-refractivity contribution in [2.24, 2.45) is 16.7 Å². The predicted molar refractivity (Wildman–Crippen MR) is 91.2 cm³/mol. The third kappa shape index (κ3) is 2.54. The van der Waals surface area contributed by atoms with Gasteiger partial charge in [0.05, 0.1) is 12.5 Å². The molecule has 1 saturated heterocycles. The maximum Gasteiger partial charge on any atom is 0.313 e. The average molecular weight is 341 g/mol. The fraction of sp³-hybridized carbons (Fsp3) is 0.556. The zero-order valence-corrected chi connectivity index (χ0v) is 14.8. The van der Waals surface area contributed by atoms with E-state index < -0.39 is 0 Å². The van der Waals surface area contributed by atoms with Gasteiger partial charge in [-0.3, -0.25) is 9.69 Å². The average Bonchev–Trinajstić information content (AvgIpc) is 3.22. The monoisotopic (exact) mass is 341 g/mol. The van der Waals surface area contributed by atoms with Crippen molar-refractivity contribution in [3.8, 4) is 11.4 Å². The lowest BCUT2D eigenvalue weighted by Gasteiger charge is -2.54. The molecule has 2 aromatic rings. The summed E-state index contributed by atoms with van der Waals surface area (Å²) in [6, 6.07) is 8.18. The van der Waals surface area contributed by atoms with Crippen molar-refractivity contribution in [3.05, 3.63) is 29.8 Å². The van der Waals surface area contributed by atoms with Crippen molar-refractivity contribution in [1.29, 1.82) is 0 Å². The maximum absolute atomic E-state index is 12.4. The van der Waals surface area contributed by atoms with Gasteiger partial charge in [0.1, 0.15) is 0 Å². The van der Waals surface area contributed by atoms with E-state index in [4.69, 9.17) is 4.74 Å². The third-order valence-corrected chi connectivity index (χ3v) is 5.88. The molecule has 2 fully saturated rings. The second-order valence-corrected chi connectivity index (χ2v) is 7.97. The van der Waals surface area contributed by atoms with E-state index in [-0.39, 0.29) is 16.8 Å². The van der Waals surface area contributed by atoms with E-state index in [0.717, 1.165) is 31.6 Å². The first-order chi connectivity index (χ1) is 11.9. The van der Waals surface area contributed by atoms with Crippen LogP contribution in [0, 0.1) is 16.7 Å². The number of rotatable bonds is 4. The summed E-state index contributed by atoms with van der Waals surface area (Å²) in [5.41, 5.74) is 2.03. The van der Waals surface area contributed by atoms with Gasteiger partial charge in [-0.05, 0) is 28.5 Å². The summed E-state index contributed by atoms with van der Waals surface area (Å²) >= 11 is 0. The molecule has 0 unspecified atom stereocenters. The molecule has 1 aromatic carbocycles. The number of nitrogens with zero attached hydrogens (tertiary/aromatic N) is 4. The van der Waals surface area contributed by atoms with Crippen molar-refractivity contribution in [2.45, 2.75) is 26.8 Å². The fourth-order valence-electron chi connectivity index (χ4n) is 4.89. The van der Waals surface area contributed by atoms with Gasteiger partial charge in [0.15, 0.2) is 0 Å². The molecule has 1 N–H and O–H groups in total. The number of esters is 1. The summed E-state index contributed by atoms with van der Waals surface area (Å²) in [6.07, 6.45) is 0.907. The van der Waals surface area contributed by atoms with Crippen LogP contribution in [0.1, 0.15) is 25.8 Å². The van der Waals surface area contributed by atoms with E-state index in [2.05, 4.69) is 51.5 Å². The van der Waals surface area contributed by atoms with Gasteiger partial charge >= 0.3 is 5.97 Å². The van der Waals surface area contributed by atoms with Gasteiger partial charge in [-0.2, -0.15) is 5.21 Å². The second-order valence-electron chi connectivity index (χ2n) is 7.97. The number of carbonyl (C=O) groups excluding carboxylic acids is 1. The molecule has 0 spiro atoms. The number of benzene rings is 1. The van der Waals surface area contributed by atoms with Crippen molar-refractivity contribution in [2.75, 3.05) is 20.2 Å². The van der Waals surface area contributed by atoms with E-state index in [1.54, 1.807) is 0 Å². The first kappa shape index (κ1) is 16.2. The molecule has 2 atom stereocenters. The van der Waals surface area contributed by atoms with Gasteiger partial charge in [-0.15, -0.1) is 10.2 Å². The summed E-state index contributed by atoms with van der Waals surface area (Å²) in [7, 11) is 1.50. The summed E-state index contributed by atoms with van der Waals surface area (Å²) in [4.78, 5) is 14.8. The molecule has 2 heterocycles. The lowest BCUT2D eigenvalue weighted by molar-refractivity contribution is -0.174. The Bertz CT molecular complexity index is 771. The molecular weight excluding hydrogens is 318 g/mol. The van der Waals surface area contributed by atoms with Crippen LogP contribution < -0.4 is 0 Å². The number of fused-ring (bicyclic) bond motifs is 1. The van der Waals surface area contributed by atoms with E-state index in [1.807, 2.05) is 12.1 Å². The van der Waals surface area contributed by atoms with Crippen molar-refractivity contribution in [3.63, 3.8) is 0 Å². The Kier molecular flexibility index (Phi) is 3.64. The van der Waals surface area contributed by atoms with E-state index in [0.29, 0.717) is 11.7 Å². The predicted octanol–water partition coefficient (Wildman–Crippen LogP) is 1.89. The summed E-state index contributed by atoms with van der Waals surface area (Å²) in [6.45, 7) is 7.05. The largest absolute Gasteiger partial charge is 0.469 e. The minimum absolute atomic E-state index is 0.0493. The molecule has 7 heteroatoms. The first-order valence-electron chi connectivity index (χ1n) is 8.58. The minimum atomic E-state index is -0.317. The van der Waals surface area contributed by atoms with E-state index in [1.165, 1.54) is 12.7 Å². The number of hydrogen-bond acceptors (Lipinski definition) is 6. The van der Waals surface area contributed by atoms with Crippen LogP contribution >= 0.6 is 0 Å². The number of likely N-dealkylation sites (tertiary alicyclic amines) is 1. The first-order valence-corrected chi connectivity index (χ1v) is 8.58. The Morgan fingerprint density at radius 1 is 1.36 bits per heavy atom. The maximum atomic E-state index is 12.4. The molecule has 7 nitrogen and oxygen atoms in total. The SMILES string of the molecule is COC(=O)[C@@]12CN(Cc3ccc(-c4nn[nH]n4)cc3)C[C@@H]1C(C)(C)C2. The number of methoxy groups -OCH3 is 1. The highest BCUT2D eigenvalue weighted by molar-refractivity contribution is 5.80. The molecule has 1 aliphatic heterocycles. The minimum Gasteiger partial charge on any atom is -0.469 e. The topological polar surface area (TPSA) is 84.0 Å². The van der Waals surface area contributed by atoms with Crippen LogP contribution in [0.3, 0.4) is 0 Å². The summed E-state index contributed by atoms with van der Waals surface area (Å²) in [5.74, 6) is 0.912.